The first-order valence-corrected chi connectivity index (χ1v) is 10.7. The molecule has 5 nitrogen and oxygen atoms in total. The third kappa shape index (κ3) is 4.42. The van der Waals surface area contributed by atoms with Crippen molar-refractivity contribution in [2.45, 2.75) is 56.2 Å². The van der Waals surface area contributed by atoms with Crippen molar-refractivity contribution in [1.29, 1.82) is 0 Å². The van der Waals surface area contributed by atoms with Crippen LogP contribution in [-0.4, -0.2) is 44.5 Å². The van der Waals surface area contributed by atoms with Gasteiger partial charge in [0.25, 0.3) is 0 Å². The Kier molecular flexibility index (Phi) is 5.94. The molecule has 0 saturated carbocycles. The van der Waals surface area contributed by atoms with Gasteiger partial charge in [-0.15, -0.1) is 0 Å². The number of nitrogens with one attached hydrogen (secondary N) is 2. The van der Waals surface area contributed by atoms with E-state index in [1.807, 2.05) is 25.1 Å². The van der Waals surface area contributed by atoms with Crippen LogP contribution in [0, 0.1) is 0 Å². The molecule has 1 heterocycles. The highest BCUT2D eigenvalue weighted by Crippen LogP contribution is 2.30. The summed E-state index contributed by atoms with van der Waals surface area (Å²) in [6.07, 6.45) is 2.57. The molecule has 1 atom stereocenters. The number of rotatable bonds is 6. The molecule has 0 bridgehead atoms. The highest BCUT2D eigenvalue weighted by molar-refractivity contribution is 7.92. The van der Waals surface area contributed by atoms with Gasteiger partial charge in [-0.3, -0.25) is 4.79 Å². The molecule has 1 aromatic rings. The molecule has 2 rings (SSSR count). The van der Waals surface area contributed by atoms with E-state index >= 15 is 0 Å². The van der Waals surface area contributed by atoms with Crippen molar-refractivity contribution >= 4 is 15.7 Å². The van der Waals surface area contributed by atoms with E-state index in [9.17, 15) is 13.2 Å². The molecule has 0 aliphatic carbocycles. The topological polar surface area (TPSA) is 75.3 Å². The van der Waals surface area contributed by atoms with Crippen LogP contribution < -0.4 is 10.6 Å². The molecule has 2 N–H and O–H groups in total. The second-order valence-corrected chi connectivity index (χ2v) is 10.2. The van der Waals surface area contributed by atoms with Gasteiger partial charge in [0.15, 0.2) is 14.6 Å². The standard InChI is InChI=1S/C19H30N2O3S/c1-15(14-18(2,3)16-8-6-5-7-9-16)21-17(22)19(25(4,23)24)10-12-20-13-11-19/h5-9,15,20H,10-14H2,1-4H3,(H,21,22). The molecule has 0 aromatic heterocycles. The van der Waals surface area contributed by atoms with E-state index in [0.29, 0.717) is 25.9 Å². The summed E-state index contributed by atoms with van der Waals surface area (Å²) in [6, 6.07) is 10.1. The molecule has 25 heavy (non-hydrogen) atoms. The summed E-state index contributed by atoms with van der Waals surface area (Å²) >= 11 is 0. The molecule has 1 aliphatic rings. The van der Waals surface area contributed by atoms with Gasteiger partial charge in [0.05, 0.1) is 0 Å². The fourth-order valence-electron chi connectivity index (χ4n) is 3.78. The third-order valence-electron chi connectivity index (χ3n) is 5.28. The first kappa shape index (κ1) is 19.9. The summed E-state index contributed by atoms with van der Waals surface area (Å²) in [4.78, 5) is 12.9. The molecule has 0 radical (unpaired) electrons. The summed E-state index contributed by atoms with van der Waals surface area (Å²) in [5.74, 6) is -0.354. The van der Waals surface area contributed by atoms with E-state index in [0.717, 1.165) is 6.42 Å². The van der Waals surface area contributed by atoms with Crippen molar-refractivity contribution in [3.8, 4) is 0 Å². The lowest BCUT2D eigenvalue weighted by Crippen LogP contribution is -2.58. The predicted octanol–water partition coefficient (Wildman–Crippen LogP) is 2.03. The normalized spacial score (nSPS) is 19.2. The molecule has 1 amide bonds. The number of sulfone groups is 1. The van der Waals surface area contributed by atoms with Crippen molar-refractivity contribution < 1.29 is 13.2 Å². The van der Waals surface area contributed by atoms with Crippen LogP contribution in [-0.2, 0) is 20.0 Å². The Labute approximate surface area is 151 Å². The summed E-state index contributed by atoms with van der Waals surface area (Å²) in [6.45, 7) is 7.32. The van der Waals surface area contributed by atoms with Crippen molar-refractivity contribution in [2.24, 2.45) is 0 Å². The zero-order valence-electron chi connectivity index (χ0n) is 15.6. The fourth-order valence-corrected chi connectivity index (χ4v) is 5.12. The lowest BCUT2D eigenvalue weighted by molar-refractivity contribution is -0.125. The fraction of sp³-hybridized carbons (Fsp3) is 0.632. The predicted molar refractivity (Wildman–Crippen MR) is 101 cm³/mol. The minimum Gasteiger partial charge on any atom is -0.352 e. The quantitative estimate of drug-likeness (QED) is 0.808. The van der Waals surface area contributed by atoms with Crippen molar-refractivity contribution in [2.75, 3.05) is 19.3 Å². The molecular formula is C19H30N2O3S. The zero-order valence-corrected chi connectivity index (χ0v) is 16.4. The third-order valence-corrected chi connectivity index (χ3v) is 7.30. The molecule has 1 unspecified atom stereocenters. The Hall–Kier alpha value is -1.40. The van der Waals surface area contributed by atoms with Crippen molar-refractivity contribution in [3.05, 3.63) is 35.9 Å². The molecular weight excluding hydrogens is 336 g/mol. The van der Waals surface area contributed by atoms with Crippen LogP contribution in [0.15, 0.2) is 30.3 Å². The minimum absolute atomic E-state index is 0.111. The molecule has 6 heteroatoms. The summed E-state index contributed by atoms with van der Waals surface area (Å²) < 4.78 is 23.4. The monoisotopic (exact) mass is 366 g/mol. The van der Waals surface area contributed by atoms with Crippen LogP contribution in [0.3, 0.4) is 0 Å². The van der Waals surface area contributed by atoms with Gasteiger partial charge in [0.2, 0.25) is 5.91 Å². The molecule has 1 aromatic carbocycles. The number of hydrogen-bond acceptors (Lipinski definition) is 4. The average molecular weight is 367 g/mol. The molecule has 1 saturated heterocycles. The van der Waals surface area contributed by atoms with Gasteiger partial charge in [0.1, 0.15) is 0 Å². The maximum Gasteiger partial charge on any atom is 0.241 e. The van der Waals surface area contributed by atoms with Gasteiger partial charge in [0, 0.05) is 12.3 Å². The molecule has 1 fully saturated rings. The highest BCUT2D eigenvalue weighted by Gasteiger charge is 2.49. The first-order valence-electron chi connectivity index (χ1n) is 8.85. The minimum atomic E-state index is -3.48. The second kappa shape index (κ2) is 7.46. The van der Waals surface area contributed by atoms with Crippen LogP contribution in [0.25, 0.3) is 0 Å². The van der Waals surface area contributed by atoms with Crippen LogP contribution in [0.1, 0.15) is 45.6 Å². The average Bonchev–Trinajstić information content (AvgIpc) is 2.54. The van der Waals surface area contributed by atoms with Gasteiger partial charge in [-0.2, -0.15) is 0 Å². The van der Waals surface area contributed by atoms with E-state index in [-0.39, 0.29) is 17.4 Å². The van der Waals surface area contributed by atoms with Crippen molar-refractivity contribution in [1.82, 2.24) is 10.6 Å². The van der Waals surface area contributed by atoms with Crippen molar-refractivity contribution in [3.63, 3.8) is 0 Å². The second-order valence-electron chi connectivity index (χ2n) is 7.84. The summed E-state index contributed by atoms with van der Waals surface area (Å²) in [7, 11) is -3.48. The lowest BCUT2D eigenvalue weighted by Gasteiger charge is -2.36. The van der Waals surface area contributed by atoms with Gasteiger partial charge in [-0.05, 0) is 50.3 Å². The van der Waals surface area contributed by atoms with E-state index in [2.05, 4.69) is 36.6 Å². The highest BCUT2D eigenvalue weighted by atomic mass is 32.2. The number of hydrogen-bond donors (Lipinski definition) is 2. The SMILES string of the molecule is CC(CC(C)(C)c1ccccc1)NC(=O)C1(S(C)(=O)=O)CCNCC1. The van der Waals surface area contributed by atoms with E-state index < -0.39 is 14.6 Å². The van der Waals surface area contributed by atoms with Crippen LogP contribution in [0.2, 0.25) is 0 Å². The Morgan fingerprint density at radius 1 is 1.24 bits per heavy atom. The Bertz CT molecular complexity index is 693. The van der Waals surface area contributed by atoms with Gasteiger partial charge in [-0.25, -0.2) is 8.42 Å². The Balaban J connectivity index is 2.11. The number of piperidine rings is 1. The summed E-state index contributed by atoms with van der Waals surface area (Å²) in [5, 5.41) is 6.11. The van der Waals surface area contributed by atoms with Gasteiger partial charge in [-0.1, -0.05) is 44.2 Å². The van der Waals surface area contributed by atoms with E-state index in [1.165, 1.54) is 11.8 Å². The maximum atomic E-state index is 12.9. The van der Waals surface area contributed by atoms with E-state index in [4.69, 9.17) is 0 Å². The zero-order chi connectivity index (χ0) is 18.7. The van der Waals surface area contributed by atoms with Gasteiger partial charge < -0.3 is 10.6 Å². The van der Waals surface area contributed by atoms with Gasteiger partial charge >= 0.3 is 0 Å². The number of carbonyl (C=O) groups is 1. The van der Waals surface area contributed by atoms with Crippen LogP contribution in [0.4, 0.5) is 0 Å². The van der Waals surface area contributed by atoms with Crippen LogP contribution >= 0.6 is 0 Å². The number of carbonyl (C=O) groups excluding carboxylic acids is 1. The largest absolute Gasteiger partial charge is 0.352 e. The molecule has 1 aliphatic heterocycles. The first-order chi connectivity index (χ1) is 11.6. The maximum absolute atomic E-state index is 12.9. The number of benzene rings is 1. The van der Waals surface area contributed by atoms with E-state index in [1.54, 1.807) is 0 Å². The smallest absolute Gasteiger partial charge is 0.241 e. The number of amides is 1. The Morgan fingerprint density at radius 3 is 2.32 bits per heavy atom. The lowest BCUT2D eigenvalue weighted by atomic mass is 9.79. The summed E-state index contributed by atoms with van der Waals surface area (Å²) in [5.41, 5.74) is 1.09. The Morgan fingerprint density at radius 2 is 1.80 bits per heavy atom. The molecule has 140 valence electrons. The molecule has 0 spiro atoms. The van der Waals surface area contributed by atoms with Crippen LogP contribution in [0.5, 0.6) is 0 Å².